The molecule has 8 heteroatoms. The second kappa shape index (κ2) is 7.10. The minimum Gasteiger partial charge on any atom is -0.117 e. The molecule has 114 valence electrons. The van der Waals surface area contributed by atoms with Crippen LogP contribution in [0.4, 0.5) is 0 Å². The highest BCUT2D eigenvalue weighted by molar-refractivity contribution is 8.45. The van der Waals surface area contributed by atoms with Gasteiger partial charge in [-0.15, -0.1) is 47.0 Å². The first kappa shape index (κ1) is 16.5. The van der Waals surface area contributed by atoms with Crippen LogP contribution in [0, 0.1) is 0 Å². The lowest BCUT2D eigenvalue weighted by molar-refractivity contribution is 0.931. The van der Waals surface area contributed by atoms with Crippen molar-refractivity contribution in [3.63, 3.8) is 0 Å². The van der Waals surface area contributed by atoms with Crippen LogP contribution in [0.15, 0.2) is 25.4 Å². The van der Waals surface area contributed by atoms with E-state index in [2.05, 4.69) is 60.9 Å². The molecule has 0 saturated carbocycles. The standard InChI is InChI=1S/C13H14S8/c1-6-7(2)17-11-10(16-6)20-13(21-11)12-18-8-9(19-12)15-5-3-4-14-8/h6-7H,3-5H2,1-2H3/t6-,7+. The van der Waals surface area contributed by atoms with E-state index in [0.717, 1.165) is 10.5 Å². The predicted octanol–water partition coefficient (Wildman–Crippen LogP) is 7.45. The fourth-order valence-corrected chi connectivity index (χ4v) is 14.8. The summed E-state index contributed by atoms with van der Waals surface area (Å²) in [6, 6.07) is 0. The molecule has 0 unspecified atom stereocenters. The van der Waals surface area contributed by atoms with E-state index in [0.29, 0.717) is 0 Å². The summed E-state index contributed by atoms with van der Waals surface area (Å²) in [6.07, 6.45) is 1.35. The Morgan fingerprint density at radius 1 is 0.619 bits per heavy atom. The second-order valence-electron chi connectivity index (χ2n) is 4.83. The predicted molar refractivity (Wildman–Crippen MR) is 115 cm³/mol. The van der Waals surface area contributed by atoms with E-state index in [-0.39, 0.29) is 0 Å². The molecule has 0 aromatic rings. The van der Waals surface area contributed by atoms with Crippen molar-refractivity contribution in [3.8, 4) is 0 Å². The van der Waals surface area contributed by atoms with Crippen molar-refractivity contribution in [1.29, 1.82) is 0 Å². The second-order valence-corrected chi connectivity index (χ2v) is 15.4. The van der Waals surface area contributed by atoms with E-state index in [1.807, 2.05) is 47.0 Å². The third-order valence-electron chi connectivity index (χ3n) is 3.24. The van der Waals surface area contributed by atoms with Gasteiger partial charge in [0.15, 0.2) is 0 Å². The summed E-state index contributed by atoms with van der Waals surface area (Å²) >= 11 is 16.4. The first-order chi connectivity index (χ1) is 10.2. The summed E-state index contributed by atoms with van der Waals surface area (Å²) in [5, 5.41) is 1.46. The average Bonchev–Trinajstić information content (AvgIpc) is 2.98. The molecular formula is C13H14S8. The van der Waals surface area contributed by atoms with Gasteiger partial charge in [-0.2, -0.15) is 0 Å². The van der Waals surface area contributed by atoms with Crippen LogP contribution in [0.5, 0.6) is 0 Å². The maximum atomic E-state index is 2.36. The minimum atomic E-state index is 0.732. The van der Waals surface area contributed by atoms with Gasteiger partial charge in [-0.25, -0.2) is 0 Å². The van der Waals surface area contributed by atoms with E-state index in [4.69, 9.17) is 0 Å². The number of thioether (sulfide) groups is 8. The van der Waals surface area contributed by atoms with Crippen LogP contribution >= 0.6 is 94.1 Å². The molecule has 0 aromatic heterocycles. The molecule has 0 nitrogen and oxygen atoms in total. The molecule has 2 atom stereocenters. The van der Waals surface area contributed by atoms with Crippen LogP contribution < -0.4 is 0 Å². The molecule has 4 heterocycles. The summed E-state index contributed by atoms with van der Waals surface area (Å²) in [6.45, 7) is 4.72. The highest BCUT2D eigenvalue weighted by atomic mass is 32.3. The summed E-state index contributed by atoms with van der Waals surface area (Å²) in [4.78, 5) is 0. The summed E-state index contributed by atoms with van der Waals surface area (Å²) < 4.78 is 9.32. The zero-order chi connectivity index (χ0) is 14.4. The largest absolute Gasteiger partial charge is 0.117 e. The van der Waals surface area contributed by atoms with Crippen molar-refractivity contribution in [2.75, 3.05) is 11.5 Å². The molecule has 0 aromatic carbocycles. The quantitative estimate of drug-likeness (QED) is 0.386. The maximum Gasteiger partial charge on any atom is 0.0717 e. The van der Waals surface area contributed by atoms with Crippen LogP contribution in [-0.4, -0.2) is 22.0 Å². The third kappa shape index (κ3) is 3.53. The van der Waals surface area contributed by atoms with Crippen molar-refractivity contribution in [2.24, 2.45) is 0 Å². The molecule has 0 spiro atoms. The van der Waals surface area contributed by atoms with Crippen molar-refractivity contribution in [1.82, 2.24) is 0 Å². The first-order valence-electron chi connectivity index (χ1n) is 6.74. The highest BCUT2D eigenvalue weighted by Gasteiger charge is 2.35. The summed E-state index contributed by atoms with van der Waals surface area (Å²) in [5.41, 5.74) is 0. The van der Waals surface area contributed by atoms with Crippen LogP contribution in [-0.2, 0) is 0 Å². The van der Waals surface area contributed by atoms with E-state index in [1.165, 1.54) is 26.4 Å². The van der Waals surface area contributed by atoms with Crippen LogP contribution in [0.1, 0.15) is 20.3 Å². The van der Waals surface area contributed by atoms with Gasteiger partial charge in [-0.05, 0) is 17.9 Å². The van der Waals surface area contributed by atoms with Gasteiger partial charge in [0.2, 0.25) is 0 Å². The van der Waals surface area contributed by atoms with Crippen molar-refractivity contribution < 1.29 is 0 Å². The Labute approximate surface area is 160 Å². The maximum absolute atomic E-state index is 2.36. The minimum absolute atomic E-state index is 0.732. The molecule has 0 bridgehead atoms. The first-order valence-corrected chi connectivity index (χ1v) is 13.7. The van der Waals surface area contributed by atoms with Gasteiger partial charge in [-0.3, -0.25) is 0 Å². The van der Waals surface area contributed by atoms with Gasteiger partial charge in [-0.1, -0.05) is 60.9 Å². The Kier molecular flexibility index (Phi) is 5.57. The van der Waals surface area contributed by atoms with Gasteiger partial charge in [0.25, 0.3) is 0 Å². The zero-order valence-corrected chi connectivity index (χ0v) is 18.1. The molecule has 21 heavy (non-hydrogen) atoms. The molecule has 0 aliphatic carbocycles. The van der Waals surface area contributed by atoms with Gasteiger partial charge in [0.1, 0.15) is 0 Å². The van der Waals surface area contributed by atoms with E-state index in [1.54, 1.807) is 16.9 Å². The van der Waals surface area contributed by atoms with Gasteiger partial charge in [0.05, 0.1) is 25.4 Å². The van der Waals surface area contributed by atoms with Crippen molar-refractivity contribution in [2.45, 2.75) is 30.8 Å². The van der Waals surface area contributed by atoms with Gasteiger partial charge < -0.3 is 0 Å². The highest BCUT2D eigenvalue weighted by Crippen LogP contribution is 2.68. The Hall–Kier alpha value is 2.02. The molecule has 0 radical (unpaired) electrons. The number of hydrogen-bond donors (Lipinski definition) is 0. The Balaban J connectivity index is 1.50. The SMILES string of the molecule is C[C@@H]1SC2=C(SC(=C3SC4=C(SCCCS4)S3)S2)S[C@@H]1C. The van der Waals surface area contributed by atoms with Crippen molar-refractivity contribution in [3.05, 3.63) is 25.4 Å². The summed E-state index contributed by atoms with van der Waals surface area (Å²) in [7, 11) is 0. The number of rotatable bonds is 0. The molecule has 0 N–H and O–H groups in total. The smallest absolute Gasteiger partial charge is 0.0717 e. The fraction of sp³-hybridized carbons (Fsp3) is 0.538. The summed E-state index contributed by atoms with van der Waals surface area (Å²) in [5.74, 6) is 2.58. The lowest BCUT2D eigenvalue weighted by atomic mass is 10.4. The van der Waals surface area contributed by atoms with Crippen LogP contribution in [0.25, 0.3) is 0 Å². The topological polar surface area (TPSA) is 0 Å². The molecule has 4 aliphatic rings. The monoisotopic (exact) mass is 426 g/mol. The molecular weight excluding hydrogens is 413 g/mol. The normalized spacial score (nSPS) is 33.4. The molecule has 0 fully saturated rings. The Morgan fingerprint density at radius 3 is 1.52 bits per heavy atom. The van der Waals surface area contributed by atoms with Crippen LogP contribution in [0.3, 0.4) is 0 Å². The molecule has 4 rings (SSSR count). The molecule has 0 saturated heterocycles. The zero-order valence-electron chi connectivity index (χ0n) is 11.5. The third-order valence-corrected chi connectivity index (χ3v) is 15.7. The lowest BCUT2D eigenvalue weighted by Crippen LogP contribution is -2.14. The average molecular weight is 427 g/mol. The van der Waals surface area contributed by atoms with Crippen LogP contribution in [0.2, 0.25) is 0 Å². The van der Waals surface area contributed by atoms with E-state index >= 15 is 0 Å². The Bertz CT molecular complexity index is 517. The van der Waals surface area contributed by atoms with Crippen molar-refractivity contribution >= 4 is 94.1 Å². The number of hydrogen-bond acceptors (Lipinski definition) is 8. The fourth-order valence-electron chi connectivity index (χ4n) is 1.95. The van der Waals surface area contributed by atoms with Gasteiger partial charge in [0, 0.05) is 10.5 Å². The lowest BCUT2D eigenvalue weighted by Gasteiger charge is -2.24. The Morgan fingerprint density at radius 2 is 1.05 bits per heavy atom. The molecule has 4 aliphatic heterocycles. The van der Waals surface area contributed by atoms with E-state index in [9.17, 15) is 0 Å². The van der Waals surface area contributed by atoms with E-state index < -0.39 is 0 Å². The molecule has 0 amide bonds. The van der Waals surface area contributed by atoms with Gasteiger partial charge >= 0.3 is 0 Å².